The molecule has 0 bridgehead atoms. The van der Waals surface area contributed by atoms with E-state index < -0.39 is 0 Å². The molecule has 5 heteroatoms. The van der Waals surface area contributed by atoms with Crippen LogP contribution >= 0.6 is 11.3 Å². The second kappa shape index (κ2) is 6.81. The van der Waals surface area contributed by atoms with Crippen LogP contribution in [-0.2, 0) is 17.8 Å². The maximum Gasteiger partial charge on any atom is 0.0801 e. The number of piperidine rings is 1. The van der Waals surface area contributed by atoms with Crippen molar-refractivity contribution in [3.8, 4) is 0 Å². The SMILES string of the molecule is O[C@H]1COC2(CCN(Cc3ccc(CN4CCCC4)s3)CC2)C1. The molecule has 1 aromatic rings. The first-order valence-electron chi connectivity index (χ1n) is 9.05. The number of aliphatic hydroxyl groups is 1. The Labute approximate surface area is 143 Å². The van der Waals surface area contributed by atoms with Gasteiger partial charge in [-0.1, -0.05) is 0 Å². The highest BCUT2D eigenvalue weighted by atomic mass is 32.1. The summed E-state index contributed by atoms with van der Waals surface area (Å²) in [5.41, 5.74) is -0.0215. The topological polar surface area (TPSA) is 35.9 Å². The van der Waals surface area contributed by atoms with Gasteiger partial charge in [-0.15, -0.1) is 11.3 Å². The summed E-state index contributed by atoms with van der Waals surface area (Å²) in [6.45, 7) is 7.46. The molecule has 0 unspecified atom stereocenters. The summed E-state index contributed by atoms with van der Waals surface area (Å²) in [5, 5.41) is 9.73. The van der Waals surface area contributed by atoms with E-state index in [1.807, 2.05) is 11.3 Å². The fourth-order valence-corrected chi connectivity index (χ4v) is 5.36. The first-order chi connectivity index (χ1) is 11.2. The number of aliphatic hydroxyl groups excluding tert-OH is 1. The van der Waals surface area contributed by atoms with E-state index in [1.54, 1.807) is 0 Å². The number of hydrogen-bond acceptors (Lipinski definition) is 5. The minimum atomic E-state index is -0.244. The van der Waals surface area contributed by atoms with Crippen LogP contribution in [0.15, 0.2) is 12.1 Å². The monoisotopic (exact) mass is 336 g/mol. The molecule has 0 amide bonds. The van der Waals surface area contributed by atoms with Gasteiger partial charge in [-0.3, -0.25) is 9.80 Å². The molecule has 4 nitrogen and oxygen atoms in total. The lowest BCUT2D eigenvalue weighted by molar-refractivity contribution is -0.0455. The Morgan fingerprint density at radius 3 is 2.22 bits per heavy atom. The lowest BCUT2D eigenvalue weighted by Crippen LogP contribution is -2.43. The molecular formula is C18H28N2O2S. The molecule has 0 radical (unpaired) electrons. The lowest BCUT2D eigenvalue weighted by Gasteiger charge is -2.38. The smallest absolute Gasteiger partial charge is 0.0801 e. The van der Waals surface area contributed by atoms with E-state index in [0.717, 1.165) is 45.4 Å². The molecule has 23 heavy (non-hydrogen) atoms. The summed E-state index contributed by atoms with van der Waals surface area (Å²) in [6, 6.07) is 4.64. The van der Waals surface area contributed by atoms with Crippen LogP contribution in [0.25, 0.3) is 0 Å². The van der Waals surface area contributed by atoms with Gasteiger partial charge in [0.15, 0.2) is 0 Å². The van der Waals surface area contributed by atoms with Crippen molar-refractivity contribution in [3.05, 3.63) is 21.9 Å². The first-order valence-corrected chi connectivity index (χ1v) is 9.87. The van der Waals surface area contributed by atoms with E-state index in [-0.39, 0.29) is 11.7 Å². The molecule has 4 heterocycles. The van der Waals surface area contributed by atoms with Crippen LogP contribution in [0.1, 0.15) is 41.9 Å². The van der Waals surface area contributed by atoms with Crippen molar-refractivity contribution in [2.24, 2.45) is 0 Å². The van der Waals surface area contributed by atoms with Crippen LogP contribution in [0.2, 0.25) is 0 Å². The summed E-state index contributed by atoms with van der Waals surface area (Å²) in [7, 11) is 0. The van der Waals surface area contributed by atoms with Crippen molar-refractivity contribution >= 4 is 11.3 Å². The molecule has 4 rings (SSSR count). The van der Waals surface area contributed by atoms with E-state index in [1.165, 1.54) is 35.7 Å². The van der Waals surface area contributed by atoms with E-state index in [4.69, 9.17) is 4.74 Å². The Balaban J connectivity index is 1.27. The van der Waals surface area contributed by atoms with Crippen molar-refractivity contribution in [2.45, 2.75) is 56.9 Å². The van der Waals surface area contributed by atoms with Gasteiger partial charge in [-0.2, -0.15) is 0 Å². The van der Waals surface area contributed by atoms with Crippen LogP contribution in [0, 0.1) is 0 Å². The minimum Gasteiger partial charge on any atom is -0.391 e. The Morgan fingerprint density at radius 2 is 1.65 bits per heavy atom. The number of rotatable bonds is 4. The average Bonchev–Trinajstić information content (AvgIpc) is 3.26. The summed E-state index contributed by atoms with van der Waals surface area (Å²) in [6.07, 6.45) is 5.45. The van der Waals surface area contributed by atoms with Crippen LogP contribution in [-0.4, -0.2) is 59.4 Å². The Morgan fingerprint density at radius 1 is 1.04 bits per heavy atom. The zero-order valence-electron chi connectivity index (χ0n) is 13.9. The van der Waals surface area contributed by atoms with Gasteiger partial charge >= 0.3 is 0 Å². The maximum absolute atomic E-state index is 9.73. The third-order valence-electron chi connectivity index (χ3n) is 5.63. The number of thiophene rings is 1. The molecule has 1 aromatic heterocycles. The highest BCUT2D eigenvalue weighted by Crippen LogP contribution is 2.36. The summed E-state index contributed by atoms with van der Waals surface area (Å²) in [5.74, 6) is 0. The molecular weight excluding hydrogens is 308 g/mol. The third-order valence-corrected chi connectivity index (χ3v) is 6.69. The number of likely N-dealkylation sites (tertiary alicyclic amines) is 2. The molecule has 0 aromatic carbocycles. The Hall–Kier alpha value is -0.460. The molecule has 0 aliphatic carbocycles. The second-order valence-electron chi connectivity index (χ2n) is 7.48. The highest BCUT2D eigenvalue weighted by Gasteiger charge is 2.42. The zero-order chi connectivity index (χ0) is 15.7. The first kappa shape index (κ1) is 16.0. The number of nitrogens with zero attached hydrogens (tertiary/aromatic N) is 2. The fourth-order valence-electron chi connectivity index (χ4n) is 4.26. The zero-order valence-corrected chi connectivity index (χ0v) is 14.7. The summed E-state index contributed by atoms with van der Waals surface area (Å²) >= 11 is 1.98. The van der Waals surface area contributed by atoms with E-state index in [9.17, 15) is 5.11 Å². The predicted octanol–water partition coefficient (Wildman–Crippen LogP) is 2.46. The number of hydrogen-bond donors (Lipinski definition) is 1. The Kier molecular flexibility index (Phi) is 4.74. The van der Waals surface area contributed by atoms with Crippen LogP contribution in [0.5, 0.6) is 0 Å². The Bertz CT molecular complexity index is 519. The standard InChI is InChI=1S/C18H28N2O2S/c21-15-11-18(22-14-15)5-9-20(10-6-18)13-17-4-3-16(23-17)12-19-7-1-2-8-19/h3-4,15,21H,1-2,5-14H2/t15-/m1/s1. The lowest BCUT2D eigenvalue weighted by atomic mass is 9.88. The molecule has 3 fully saturated rings. The van der Waals surface area contributed by atoms with Gasteiger partial charge in [0.25, 0.3) is 0 Å². The molecule has 1 atom stereocenters. The maximum atomic E-state index is 9.73. The summed E-state index contributed by atoms with van der Waals surface area (Å²) in [4.78, 5) is 8.12. The van der Waals surface area contributed by atoms with E-state index in [0.29, 0.717) is 6.61 Å². The summed E-state index contributed by atoms with van der Waals surface area (Å²) < 4.78 is 5.89. The van der Waals surface area contributed by atoms with Gasteiger partial charge in [-0.05, 0) is 50.9 Å². The molecule has 3 aliphatic heterocycles. The van der Waals surface area contributed by atoms with Gasteiger partial charge in [0, 0.05) is 42.4 Å². The van der Waals surface area contributed by atoms with Crippen molar-refractivity contribution in [1.29, 1.82) is 0 Å². The van der Waals surface area contributed by atoms with E-state index in [2.05, 4.69) is 21.9 Å². The normalized spacial score (nSPS) is 28.8. The van der Waals surface area contributed by atoms with Gasteiger partial charge < -0.3 is 9.84 Å². The minimum absolute atomic E-state index is 0.0215. The van der Waals surface area contributed by atoms with Gasteiger partial charge in [-0.25, -0.2) is 0 Å². The van der Waals surface area contributed by atoms with Crippen LogP contribution in [0.4, 0.5) is 0 Å². The van der Waals surface area contributed by atoms with Crippen molar-refractivity contribution < 1.29 is 9.84 Å². The molecule has 3 aliphatic rings. The van der Waals surface area contributed by atoms with Crippen molar-refractivity contribution in [1.82, 2.24) is 9.80 Å². The highest BCUT2D eigenvalue weighted by molar-refractivity contribution is 7.11. The van der Waals surface area contributed by atoms with Gasteiger partial charge in [0.1, 0.15) is 0 Å². The fraction of sp³-hybridized carbons (Fsp3) is 0.778. The second-order valence-corrected chi connectivity index (χ2v) is 8.73. The van der Waals surface area contributed by atoms with Gasteiger partial charge in [0.2, 0.25) is 0 Å². The van der Waals surface area contributed by atoms with Crippen molar-refractivity contribution in [3.63, 3.8) is 0 Å². The van der Waals surface area contributed by atoms with Crippen LogP contribution < -0.4 is 0 Å². The molecule has 0 saturated carbocycles. The van der Waals surface area contributed by atoms with Gasteiger partial charge in [0.05, 0.1) is 18.3 Å². The average molecular weight is 337 g/mol. The molecule has 3 saturated heterocycles. The third kappa shape index (κ3) is 3.80. The van der Waals surface area contributed by atoms with Crippen LogP contribution in [0.3, 0.4) is 0 Å². The largest absolute Gasteiger partial charge is 0.391 e. The molecule has 1 N–H and O–H groups in total. The molecule has 128 valence electrons. The predicted molar refractivity (Wildman–Crippen MR) is 92.6 cm³/mol. The van der Waals surface area contributed by atoms with E-state index >= 15 is 0 Å². The van der Waals surface area contributed by atoms with Crippen molar-refractivity contribution in [2.75, 3.05) is 32.8 Å². The molecule has 1 spiro atoms. The number of ether oxygens (including phenoxy) is 1. The quantitative estimate of drug-likeness (QED) is 0.916.